The molecule has 1 unspecified atom stereocenters. The van der Waals surface area contributed by atoms with E-state index in [1.165, 1.54) is 13.0 Å². The molecule has 1 fully saturated rings. The molecule has 0 aromatic carbocycles. The second kappa shape index (κ2) is 4.80. The summed E-state index contributed by atoms with van der Waals surface area (Å²) in [7, 11) is 0. The molecule has 3 nitrogen and oxygen atoms in total. The van der Waals surface area contributed by atoms with Gasteiger partial charge >= 0.3 is 0 Å². The average Bonchev–Trinajstić information content (AvgIpc) is 2.06. The molecule has 1 atom stereocenters. The number of nitrogens with zero attached hydrogens (tertiary/aromatic N) is 2. The fourth-order valence-electron chi connectivity index (χ4n) is 1.67. The highest BCUT2D eigenvalue weighted by molar-refractivity contribution is 4.71. The van der Waals surface area contributed by atoms with Crippen LogP contribution in [0.5, 0.6) is 0 Å². The van der Waals surface area contributed by atoms with Gasteiger partial charge in [0.05, 0.1) is 0 Å². The molecule has 0 saturated carbocycles. The third-order valence-corrected chi connectivity index (χ3v) is 2.46. The number of rotatable bonds is 3. The van der Waals surface area contributed by atoms with Gasteiger partial charge in [0.1, 0.15) is 6.23 Å². The molecule has 0 spiro atoms. The van der Waals surface area contributed by atoms with Crippen molar-refractivity contribution in [1.82, 2.24) is 9.80 Å². The smallest absolute Gasteiger partial charge is 0.143 e. The van der Waals surface area contributed by atoms with Gasteiger partial charge in [-0.25, -0.2) is 5.11 Å². The van der Waals surface area contributed by atoms with Crippen molar-refractivity contribution in [3.05, 3.63) is 0 Å². The van der Waals surface area contributed by atoms with Gasteiger partial charge in [0.2, 0.25) is 0 Å². The van der Waals surface area contributed by atoms with Crippen molar-refractivity contribution < 1.29 is 5.11 Å². The van der Waals surface area contributed by atoms with Gasteiger partial charge in [-0.1, -0.05) is 6.92 Å². The van der Waals surface area contributed by atoms with Crippen molar-refractivity contribution in [2.24, 2.45) is 0 Å². The van der Waals surface area contributed by atoms with Gasteiger partial charge in [-0.05, 0) is 19.9 Å². The highest BCUT2D eigenvalue weighted by Crippen LogP contribution is 2.04. The van der Waals surface area contributed by atoms with Crippen LogP contribution in [-0.2, 0) is 5.11 Å². The first-order valence-electron chi connectivity index (χ1n) is 4.86. The predicted molar refractivity (Wildman–Crippen MR) is 48.5 cm³/mol. The highest BCUT2D eigenvalue weighted by atomic mass is 16.3. The Kier molecular flexibility index (Phi) is 3.98. The lowest BCUT2D eigenvalue weighted by Crippen LogP contribution is -2.49. The second-order valence-electron chi connectivity index (χ2n) is 3.48. The highest BCUT2D eigenvalue weighted by Gasteiger charge is 2.19. The molecule has 71 valence electrons. The number of hydrogen-bond acceptors (Lipinski definition) is 2. The van der Waals surface area contributed by atoms with E-state index < -0.39 is 6.23 Å². The third kappa shape index (κ3) is 2.73. The molecule has 0 aliphatic carbocycles. The Balaban J connectivity index is 2.20. The number of hydrogen-bond donors (Lipinski definition) is 0. The monoisotopic (exact) mass is 171 g/mol. The van der Waals surface area contributed by atoms with Crippen LogP contribution in [-0.4, -0.2) is 48.8 Å². The van der Waals surface area contributed by atoms with E-state index in [2.05, 4.69) is 11.8 Å². The maximum Gasteiger partial charge on any atom is 0.143 e. The Labute approximate surface area is 75.0 Å². The van der Waals surface area contributed by atoms with Crippen molar-refractivity contribution in [3.8, 4) is 0 Å². The normalized spacial score (nSPS) is 24.2. The summed E-state index contributed by atoms with van der Waals surface area (Å²) in [6.45, 7) is 9.15. The van der Waals surface area contributed by atoms with E-state index in [1.807, 2.05) is 4.90 Å². The zero-order chi connectivity index (χ0) is 8.97. The first-order chi connectivity index (χ1) is 5.74. The van der Waals surface area contributed by atoms with Crippen LogP contribution in [0, 0.1) is 0 Å². The molecule has 1 radical (unpaired) electrons. The zero-order valence-electron chi connectivity index (χ0n) is 8.12. The lowest BCUT2D eigenvalue weighted by atomic mass is 10.3. The van der Waals surface area contributed by atoms with Crippen LogP contribution < -0.4 is 0 Å². The predicted octanol–water partition coefficient (Wildman–Crippen LogP) is 0.791. The van der Waals surface area contributed by atoms with Crippen LogP contribution in [0.3, 0.4) is 0 Å². The van der Waals surface area contributed by atoms with E-state index in [4.69, 9.17) is 0 Å². The topological polar surface area (TPSA) is 26.4 Å². The summed E-state index contributed by atoms with van der Waals surface area (Å²) in [6, 6.07) is 0. The summed E-state index contributed by atoms with van der Waals surface area (Å²) < 4.78 is 0. The molecule has 1 heterocycles. The largest absolute Gasteiger partial charge is 0.301 e. The van der Waals surface area contributed by atoms with Gasteiger partial charge in [-0.2, -0.15) is 0 Å². The van der Waals surface area contributed by atoms with Crippen molar-refractivity contribution in [2.75, 3.05) is 32.7 Å². The summed E-state index contributed by atoms with van der Waals surface area (Å²) in [5.74, 6) is 0. The molecule has 0 aromatic heterocycles. The van der Waals surface area contributed by atoms with Crippen LogP contribution in [0.4, 0.5) is 0 Å². The van der Waals surface area contributed by atoms with Crippen LogP contribution in [0.15, 0.2) is 0 Å². The Hall–Kier alpha value is -0.120. The second-order valence-corrected chi connectivity index (χ2v) is 3.48. The van der Waals surface area contributed by atoms with Crippen molar-refractivity contribution >= 4 is 0 Å². The van der Waals surface area contributed by atoms with Crippen LogP contribution in [0.2, 0.25) is 0 Å². The van der Waals surface area contributed by atoms with E-state index in [0.717, 1.165) is 26.2 Å². The maximum absolute atomic E-state index is 11.1. The minimum absolute atomic E-state index is 0.520. The summed E-state index contributed by atoms with van der Waals surface area (Å²) in [4.78, 5) is 4.44. The first-order valence-corrected chi connectivity index (χ1v) is 4.86. The standard InChI is InChI=1S/C9H19N2O/c1-3-4-10-5-7-11(8-6-10)9(2)12/h9H,3-8H2,1-2H3. The minimum Gasteiger partial charge on any atom is -0.301 e. The van der Waals surface area contributed by atoms with Gasteiger partial charge in [0.25, 0.3) is 0 Å². The lowest BCUT2D eigenvalue weighted by molar-refractivity contribution is -0.0554. The van der Waals surface area contributed by atoms with E-state index in [-0.39, 0.29) is 0 Å². The number of piperazine rings is 1. The Bertz CT molecular complexity index is 120. The van der Waals surface area contributed by atoms with Crippen molar-refractivity contribution in [2.45, 2.75) is 26.5 Å². The molecule has 1 aliphatic rings. The summed E-state index contributed by atoms with van der Waals surface area (Å²) in [5, 5.41) is 11.1. The molecular formula is C9H19N2O. The third-order valence-electron chi connectivity index (χ3n) is 2.46. The lowest BCUT2D eigenvalue weighted by Gasteiger charge is -2.35. The molecule has 0 amide bonds. The molecule has 1 aliphatic heterocycles. The van der Waals surface area contributed by atoms with Crippen molar-refractivity contribution in [1.29, 1.82) is 0 Å². The molecule has 0 bridgehead atoms. The molecule has 0 aromatic rings. The zero-order valence-corrected chi connectivity index (χ0v) is 8.12. The van der Waals surface area contributed by atoms with E-state index in [1.54, 1.807) is 6.92 Å². The Morgan fingerprint density at radius 2 is 1.83 bits per heavy atom. The van der Waals surface area contributed by atoms with Gasteiger partial charge in [0, 0.05) is 26.2 Å². The van der Waals surface area contributed by atoms with E-state index >= 15 is 0 Å². The SMILES string of the molecule is CCCN1CCN(C(C)[O])CC1. The van der Waals surface area contributed by atoms with Gasteiger partial charge in [-0.15, -0.1) is 0 Å². The van der Waals surface area contributed by atoms with E-state index in [0.29, 0.717) is 0 Å². The van der Waals surface area contributed by atoms with Crippen molar-refractivity contribution in [3.63, 3.8) is 0 Å². The summed E-state index contributed by atoms with van der Waals surface area (Å²) in [5.41, 5.74) is 0. The fourth-order valence-corrected chi connectivity index (χ4v) is 1.67. The van der Waals surface area contributed by atoms with Crippen LogP contribution >= 0.6 is 0 Å². The molecule has 1 saturated heterocycles. The Morgan fingerprint density at radius 3 is 2.25 bits per heavy atom. The summed E-state index contributed by atoms with van der Waals surface area (Å²) in [6.07, 6.45) is 0.696. The van der Waals surface area contributed by atoms with Gasteiger partial charge < -0.3 is 4.90 Å². The van der Waals surface area contributed by atoms with Gasteiger partial charge in [0.15, 0.2) is 0 Å². The molecular weight excluding hydrogens is 152 g/mol. The quantitative estimate of drug-likeness (QED) is 0.627. The Morgan fingerprint density at radius 1 is 1.25 bits per heavy atom. The maximum atomic E-state index is 11.1. The molecule has 1 rings (SSSR count). The molecule has 0 N–H and O–H groups in total. The van der Waals surface area contributed by atoms with Crippen LogP contribution in [0.25, 0.3) is 0 Å². The first kappa shape index (κ1) is 9.96. The molecule has 12 heavy (non-hydrogen) atoms. The average molecular weight is 171 g/mol. The molecule has 3 heteroatoms. The van der Waals surface area contributed by atoms with Crippen LogP contribution in [0.1, 0.15) is 20.3 Å². The van der Waals surface area contributed by atoms with E-state index in [9.17, 15) is 5.11 Å². The fraction of sp³-hybridized carbons (Fsp3) is 1.00. The minimum atomic E-state index is -0.520. The van der Waals surface area contributed by atoms with Gasteiger partial charge in [-0.3, -0.25) is 4.90 Å². The summed E-state index contributed by atoms with van der Waals surface area (Å²) >= 11 is 0.